The highest BCUT2D eigenvalue weighted by Crippen LogP contribution is 2.27. The van der Waals surface area contributed by atoms with Crippen LogP contribution in [0.15, 0.2) is 65.6 Å². The minimum atomic E-state index is -0.396. The summed E-state index contributed by atoms with van der Waals surface area (Å²) in [6.07, 6.45) is 0. The van der Waals surface area contributed by atoms with E-state index in [1.165, 1.54) is 11.8 Å². The van der Waals surface area contributed by atoms with E-state index >= 15 is 0 Å². The van der Waals surface area contributed by atoms with E-state index in [9.17, 15) is 9.59 Å². The Morgan fingerprint density at radius 2 is 1.59 bits per heavy atom. The van der Waals surface area contributed by atoms with Crippen molar-refractivity contribution in [1.82, 2.24) is 4.57 Å². The Morgan fingerprint density at radius 3 is 2.22 bits per heavy atom. The van der Waals surface area contributed by atoms with E-state index in [1.807, 2.05) is 62.4 Å². The van der Waals surface area contributed by atoms with Gasteiger partial charge in [-0.1, -0.05) is 12.1 Å². The molecule has 0 atom stereocenters. The third-order valence-electron chi connectivity index (χ3n) is 4.16. The van der Waals surface area contributed by atoms with Crippen LogP contribution in [0.4, 0.5) is 5.69 Å². The molecule has 6 heteroatoms. The SMILES string of the molecule is Cc1ccc(C)n1-c1ccc(C(=O)Nc2ccccc2SCC(N)=O)cc1. The lowest BCUT2D eigenvalue weighted by Crippen LogP contribution is -2.14. The van der Waals surface area contributed by atoms with Gasteiger partial charge in [0, 0.05) is 27.5 Å². The van der Waals surface area contributed by atoms with Crippen LogP contribution < -0.4 is 11.1 Å². The molecule has 138 valence electrons. The summed E-state index contributed by atoms with van der Waals surface area (Å²) in [6, 6.07) is 19.0. The Balaban J connectivity index is 1.77. The molecule has 0 aliphatic carbocycles. The number of aryl methyl sites for hydroxylation is 2. The fourth-order valence-corrected chi connectivity index (χ4v) is 3.62. The van der Waals surface area contributed by atoms with E-state index in [4.69, 9.17) is 5.73 Å². The largest absolute Gasteiger partial charge is 0.369 e. The third kappa shape index (κ3) is 4.41. The maximum absolute atomic E-state index is 12.6. The number of thioether (sulfide) groups is 1. The Kier molecular flexibility index (Phi) is 5.66. The summed E-state index contributed by atoms with van der Waals surface area (Å²) in [6.45, 7) is 4.10. The number of nitrogens with two attached hydrogens (primary N) is 1. The number of nitrogens with one attached hydrogen (secondary N) is 1. The summed E-state index contributed by atoms with van der Waals surface area (Å²) in [5.74, 6) is -0.432. The minimum absolute atomic E-state index is 0.164. The van der Waals surface area contributed by atoms with Crippen molar-refractivity contribution in [3.8, 4) is 5.69 Å². The molecule has 0 fully saturated rings. The van der Waals surface area contributed by atoms with Crippen LogP contribution in [0.3, 0.4) is 0 Å². The topological polar surface area (TPSA) is 77.1 Å². The zero-order valence-corrected chi connectivity index (χ0v) is 16.0. The molecular weight excluding hydrogens is 358 g/mol. The van der Waals surface area contributed by atoms with Gasteiger partial charge in [-0.25, -0.2) is 0 Å². The number of amides is 2. The second-order valence-electron chi connectivity index (χ2n) is 6.20. The number of primary amides is 1. The van der Waals surface area contributed by atoms with Crippen LogP contribution in [0.1, 0.15) is 21.7 Å². The summed E-state index contributed by atoms with van der Waals surface area (Å²) in [4.78, 5) is 24.4. The van der Waals surface area contributed by atoms with Crippen molar-refractivity contribution >= 4 is 29.3 Å². The van der Waals surface area contributed by atoms with Gasteiger partial charge < -0.3 is 15.6 Å². The van der Waals surface area contributed by atoms with Crippen LogP contribution in [0.2, 0.25) is 0 Å². The summed E-state index contributed by atoms with van der Waals surface area (Å²) in [7, 11) is 0. The molecular formula is C21H21N3O2S. The normalized spacial score (nSPS) is 10.6. The fourth-order valence-electron chi connectivity index (χ4n) is 2.88. The summed E-state index contributed by atoms with van der Waals surface area (Å²) >= 11 is 1.30. The number of carbonyl (C=O) groups is 2. The lowest BCUT2D eigenvalue weighted by Gasteiger charge is -2.12. The molecule has 0 spiro atoms. The monoisotopic (exact) mass is 379 g/mol. The van der Waals surface area contributed by atoms with Crippen molar-refractivity contribution in [2.24, 2.45) is 5.73 Å². The molecule has 3 aromatic rings. The average Bonchev–Trinajstić information content (AvgIpc) is 2.99. The molecule has 5 nitrogen and oxygen atoms in total. The number of hydrogen-bond acceptors (Lipinski definition) is 3. The lowest BCUT2D eigenvalue weighted by atomic mass is 10.2. The summed E-state index contributed by atoms with van der Waals surface area (Å²) < 4.78 is 2.14. The fraction of sp³-hybridized carbons (Fsp3) is 0.143. The highest BCUT2D eigenvalue weighted by Gasteiger charge is 2.11. The van der Waals surface area contributed by atoms with Gasteiger partial charge in [-0.15, -0.1) is 11.8 Å². The number of anilines is 1. The average molecular weight is 379 g/mol. The van der Waals surface area contributed by atoms with Crippen LogP contribution in [0, 0.1) is 13.8 Å². The van der Waals surface area contributed by atoms with Gasteiger partial charge in [-0.2, -0.15) is 0 Å². The van der Waals surface area contributed by atoms with Gasteiger partial charge in [0.25, 0.3) is 5.91 Å². The molecule has 2 amide bonds. The van der Waals surface area contributed by atoms with Crippen LogP contribution in [-0.4, -0.2) is 22.1 Å². The second kappa shape index (κ2) is 8.14. The van der Waals surface area contributed by atoms with E-state index in [1.54, 1.807) is 0 Å². The van der Waals surface area contributed by atoms with Gasteiger partial charge in [0.05, 0.1) is 11.4 Å². The van der Waals surface area contributed by atoms with Crippen LogP contribution in [-0.2, 0) is 4.79 Å². The number of carbonyl (C=O) groups excluding carboxylic acids is 2. The zero-order valence-electron chi connectivity index (χ0n) is 15.2. The number of para-hydroxylation sites is 1. The second-order valence-corrected chi connectivity index (χ2v) is 7.22. The Morgan fingerprint density at radius 1 is 0.963 bits per heavy atom. The van der Waals surface area contributed by atoms with Crippen molar-refractivity contribution in [2.75, 3.05) is 11.1 Å². The molecule has 2 aromatic carbocycles. The van der Waals surface area contributed by atoms with Gasteiger partial charge in [-0.3, -0.25) is 9.59 Å². The van der Waals surface area contributed by atoms with Crippen molar-refractivity contribution in [2.45, 2.75) is 18.7 Å². The highest BCUT2D eigenvalue weighted by atomic mass is 32.2. The van der Waals surface area contributed by atoms with Gasteiger partial charge in [0.15, 0.2) is 0 Å². The van der Waals surface area contributed by atoms with E-state index in [2.05, 4.69) is 22.0 Å². The Hall–Kier alpha value is -2.99. The first-order chi connectivity index (χ1) is 13.0. The highest BCUT2D eigenvalue weighted by molar-refractivity contribution is 8.00. The van der Waals surface area contributed by atoms with Gasteiger partial charge >= 0.3 is 0 Å². The number of rotatable bonds is 6. The van der Waals surface area contributed by atoms with E-state index < -0.39 is 5.91 Å². The molecule has 0 radical (unpaired) electrons. The predicted octanol–water partition coefficient (Wildman–Crippen LogP) is 3.92. The first-order valence-electron chi connectivity index (χ1n) is 8.52. The molecule has 0 saturated carbocycles. The van der Waals surface area contributed by atoms with E-state index in [0.29, 0.717) is 11.3 Å². The predicted molar refractivity (Wildman–Crippen MR) is 110 cm³/mol. The van der Waals surface area contributed by atoms with Crippen molar-refractivity contribution < 1.29 is 9.59 Å². The Bertz CT molecular complexity index is 958. The first-order valence-corrected chi connectivity index (χ1v) is 9.51. The number of nitrogens with zero attached hydrogens (tertiary/aromatic N) is 1. The molecule has 3 N–H and O–H groups in total. The van der Waals surface area contributed by atoms with Crippen molar-refractivity contribution in [1.29, 1.82) is 0 Å². The number of hydrogen-bond donors (Lipinski definition) is 2. The number of benzene rings is 2. The standard InChI is InChI=1S/C21H21N3O2S/c1-14-7-8-15(2)24(14)17-11-9-16(10-12-17)21(26)23-18-5-3-4-6-19(18)27-13-20(22)25/h3-12H,13H2,1-2H3,(H2,22,25)(H,23,26). The van der Waals surface area contributed by atoms with Gasteiger partial charge in [0.1, 0.15) is 0 Å². The zero-order chi connectivity index (χ0) is 19.4. The molecule has 0 aliphatic rings. The van der Waals surface area contributed by atoms with E-state index in [-0.39, 0.29) is 11.7 Å². The first kappa shape index (κ1) is 18.8. The quantitative estimate of drug-likeness (QED) is 0.637. The maximum atomic E-state index is 12.6. The van der Waals surface area contributed by atoms with Gasteiger partial charge in [-0.05, 0) is 62.4 Å². The van der Waals surface area contributed by atoms with Crippen LogP contribution >= 0.6 is 11.8 Å². The third-order valence-corrected chi connectivity index (χ3v) is 5.26. The minimum Gasteiger partial charge on any atom is -0.369 e. The van der Waals surface area contributed by atoms with E-state index in [0.717, 1.165) is 22.0 Å². The molecule has 0 aliphatic heterocycles. The van der Waals surface area contributed by atoms with Gasteiger partial charge in [0.2, 0.25) is 5.91 Å². The molecule has 1 aromatic heterocycles. The molecule has 1 heterocycles. The molecule has 0 bridgehead atoms. The Labute approximate surface area is 162 Å². The summed E-state index contributed by atoms with van der Waals surface area (Å²) in [5.41, 5.74) is 9.74. The lowest BCUT2D eigenvalue weighted by molar-refractivity contribution is -0.115. The smallest absolute Gasteiger partial charge is 0.255 e. The van der Waals surface area contributed by atoms with Crippen molar-refractivity contribution in [3.05, 3.63) is 77.6 Å². The molecule has 0 saturated heterocycles. The number of aromatic nitrogens is 1. The molecule has 27 heavy (non-hydrogen) atoms. The van der Waals surface area contributed by atoms with Crippen molar-refractivity contribution in [3.63, 3.8) is 0 Å². The molecule has 0 unspecified atom stereocenters. The van der Waals surface area contributed by atoms with Crippen LogP contribution in [0.25, 0.3) is 5.69 Å². The molecule has 3 rings (SSSR count). The summed E-state index contributed by atoms with van der Waals surface area (Å²) in [5, 5.41) is 2.91. The maximum Gasteiger partial charge on any atom is 0.255 e. The van der Waals surface area contributed by atoms with Crippen LogP contribution in [0.5, 0.6) is 0 Å².